The predicted molar refractivity (Wildman–Crippen MR) is 104 cm³/mol. The first-order chi connectivity index (χ1) is 14.2. The van der Waals surface area contributed by atoms with Gasteiger partial charge in [-0.1, -0.05) is 0 Å². The van der Waals surface area contributed by atoms with E-state index in [1.54, 1.807) is 0 Å². The predicted octanol–water partition coefficient (Wildman–Crippen LogP) is -1.06. The van der Waals surface area contributed by atoms with Crippen LogP contribution in [0.15, 0.2) is 41.5 Å². The van der Waals surface area contributed by atoms with Gasteiger partial charge in [0.05, 0.1) is 11.9 Å². The molecule has 166 valence electrons. The molecule has 14 heteroatoms. The fourth-order valence-corrected chi connectivity index (χ4v) is 4.86. The highest BCUT2D eigenvalue weighted by Gasteiger charge is 2.50. The number of rotatable bonds is 4. The summed E-state index contributed by atoms with van der Waals surface area (Å²) in [5.41, 5.74) is 3.44. The van der Waals surface area contributed by atoms with E-state index >= 15 is 0 Å². The van der Waals surface area contributed by atoms with E-state index in [0.29, 0.717) is 0 Å². The molecular weight excluding hydrogens is 437 g/mol. The second-order valence-corrected chi connectivity index (χ2v) is 8.73. The van der Waals surface area contributed by atoms with E-state index in [9.17, 15) is 38.0 Å². The highest BCUT2D eigenvalue weighted by atomic mass is 32.2. The summed E-state index contributed by atoms with van der Waals surface area (Å²) < 4.78 is 39.2. The third-order valence-corrected chi connectivity index (χ3v) is 6.28. The van der Waals surface area contributed by atoms with Crippen LogP contribution in [0.3, 0.4) is 0 Å². The van der Waals surface area contributed by atoms with Crippen molar-refractivity contribution in [3.63, 3.8) is 0 Å². The van der Waals surface area contributed by atoms with E-state index in [2.05, 4.69) is 15.3 Å². The lowest BCUT2D eigenvalue weighted by atomic mass is 9.93. The van der Waals surface area contributed by atoms with Crippen molar-refractivity contribution in [1.82, 2.24) is 9.29 Å². The second-order valence-electron chi connectivity index (χ2n) is 6.91. The summed E-state index contributed by atoms with van der Waals surface area (Å²) in [7, 11) is -4.65. The Balaban J connectivity index is 1.99. The molecule has 1 aliphatic rings. The topological polar surface area (TPSA) is 199 Å². The van der Waals surface area contributed by atoms with Crippen molar-refractivity contribution in [1.29, 1.82) is 0 Å². The van der Waals surface area contributed by atoms with Crippen LogP contribution in [-0.4, -0.2) is 61.8 Å². The number of aliphatic imine (C=N–C) groups is 1. The quantitative estimate of drug-likeness (QED) is 0.311. The number of amides is 1. The number of sulfonamides is 1. The average molecular weight is 455 g/mol. The van der Waals surface area contributed by atoms with Crippen molar-refractivity contribution in [2.24, 2.45) is 10.7 Å². The number of nitrogens with two attached hydrogens (primary N) is 1. The number of anilines is 1. The molecule has 1 atom stereocenters. The number of benzene rings is 1. The number of carbonyl (C=O) groups excluding carboxylic acids is 1. The van der Waals surface area contributed by atoms with Gasteiger partial charge in [0.2, 0.25) is 16.0 Å². The Labute approximate surface area is 175 Å². The molecule has 1 aliphatic heterocycles. The van der Waals surface area contributed by atoms with Gasteiger partial charge in [0.1, 0.15) is 22.8 Å². The molecule has 1 amide bonds. The van der Waals surface area contributed by atoms with Crippen molar-refractivity contribution >= 4 is 27.6 Å². The third kappa shape index (κ3) is 4.41. The zero-order valence-corrected chi connectivity index (χ0v) is 16.7. The van der Waals surface area contributed by atoms with Crippen LogP contribution in [0.5, 0.6) is 5.75 Å². The summed E-state index contributed by atoms with van der Waals surface area (Å²) in [5.74, 6) is -3.65. The van der Waals surface area contributed by atoms with Gasteiger partial charge in [-0.15, -0.1) is 0 Å². The monoisotopic (exact) mass is 455 g/mol. The highest BCUT2D eigenvalue weighted by Crippen LogP contribution is 2.36. The molecule has 0 spiro atoms. The SMILES string of the molecule is C[C@@]1(c2cc(NC(=O)c3ccc(O)cn3)ccc2F)CS(=O)(=O)N(C(O)(O)O)C(N)=N1. The zero-order valence-electron chi connectivity index (χ0n) is 15.9. The molecule has 0 bridgehead atoms. The second kappa shape index (κ2) is 7.42. The number of aromatic nitrogens is 1. The number of nitrogens with zero attached hydrogens (tertiary/aromatic N) is 3. The maximum Gasteiger partial charge on any atom is 0.385 e. The first-order valence-electron chi connectivity index (χ1n) is 8.55. The van der Waals surface area contributed by atoms with Gasteiger partial charge in [-0.2, -0.15) is 4.31 Å². The van der Waals surface area contributed by atoms with E-state index in [0.717, 1.165) is 18.3 Å². The van der Waals surface area contributed by atoms with Crippen molar-refractivity contribution in [3.8, 4) is 5.75 Å². The Kier molecular flexibility index (Phi) is 5.35. The lowest BCUT2D eigenvalue weighted by Gasteiger charge is -2.38. The molecule has 3 rings (SSSR count). The van der Waals surface area contributed by atoms with Gasteiger partial charge in [-0.25, -0.2) is 22.8 Å². The number of aromatic hydroxyl groups is 1. The molecule has 2 aromatic rings. The van der Waals surface area contributed by atoms with Gasteiger partial charge in [0.25, 0.3) is 5.91 Å². The molecule has 31 heavy (non-hydrogen) atoms. The highest BCUT2D eigenvalue weighted by molar-refractivity contribution is 7.89. The van der Waals surface area contributed by atoms with Crippen molar-refractivity contribution < 1.29 is 38.0 Å². The summed E-state index contributed by atoms with van der Waals surface area (Å²) in [5, 5.41) is 39.5. The normalized spacial score (nSPS) is 20.8. The molecule has 0 unspecified atom stereocenters. The lowest BCUT2D eigenvalue weighted by Crippen LogP contribution is -2.62. The van der Waals surface area contributed by atoms with Crippen molar-refractivity contribution in [2.75, 3.05) is 11.1 Å². The van der Waals surface area contributed by atoms with Crippen molar-refractivity contribution in [2.45, 2.75) is 18.6 Å². The van der Waals surface area contributed by atoms with E-state index in [4.69, 9.17) is 5.73 Å². The van der Waals surface area contributed by atoms with Gasteiger partial charge >= 0.3 is 6.10 Å². The van der Waals surface area contributed by atoms with E-state index in [1.165, 1.54) is 25.1 Å². The van der Waals surface area contributed by atoms with Crippen LogP contribution in [0, 0.1) is 5.82 Å². The molecule has 0 saturated carbocycles. The van der Waals surface area contributed by atoms with Gasteiger partial charge in [-0.3, -0.25) is 4.79 Å². The molecule has 1 aromatic carbocycles. The first kappa shape index (κ1) is 22.4. The number of nitrogens with one attached hydrogen (secondary N) is 1. The maximum atomic E-state index is 14.6. The molecule has 0 radical (unpaired) electrons. The van der Waals surface area contributed by atoms with Crippen LogP contribution in [0.25, 0.3) is 0 Å². The van der Waals surface area contributed by atoms with E-state index in [1.807, 2.05) is 0 Å². The Bertz CT molecular complexity index is 1160. The van der Waals surface area contributed by atoms with Crippen LogP contribution in [0.2, 0.25) is 0 Å². The minimum absolute atomic E-state index is 0.0433. The lowest BCUT2D eigenvalue weighted by molar-refractivity contribution is -0.355. The average Bonchev–Trinajstić information content (AvgIpc) is 2.60. The standard InChI is InChI=1S/C17H18FN5O7S/c1-16(8-31(29,30)23(15(19)22-16)17(26,27)28)11-6-9(2-4-12(11)18)21-14(25)13-5-3-10(24)7-20-13/h2-7,24,26-28H,8H2,1H3,(H2,19,22)(H,21,25)/t16-/m0/s1. The summed E-state index contributed by atoms with van der Waals surface area (Å²) in [6, 6.07) is 5.84. The summed E-state index contributed by atoms with van der Waals surface area (Å²) in [4.78, 5) is 19.9. The van der Waals surface area contributed by atoms with E-state index < -0.39 is 45.1 Å². The Morgan fingerprint density at radius 1 is 1.29 bits per heavy atom. The fraction of sp³-hybridized carbons (Fsp3) is 0.235. The fourth-order valence-electron chi connectivity index (χ4n) is 3.10. The largest absolute Gasteiger partial charge is 0.506 e. The number of aliphatic hydroxyl groups is 3. The zero-order chi connectivity index (χ0) is 23.2. The minimum atomic E-state index is -4.65. The van der Waals surface area contributed by atoms with Crippen LogP contribution >= 0.6 is 0 Å². The van der Waals surface area contributed by atoms with Crippen LogP contribution in [-0.2, 0) is 15.6 Å². The number of hydrogen-bond donors (Lipinski definition) is 6. The first-order valence-corrected chi connectivity index (χ1v) is 10.2. The maximum absolute atomic E-state index is 14.6. The summed E-state index contributed by atoms with van der Waals surface area (Å²) in [6.45, 7) is 1.23. The van der Waals surface area contributed by atoms with Crippen LogP contribution in [0.1, 0.15) is 23.0 Å². The van der Waals surface area contributed by atoms with Crippen LogP contribution < -0.4 is 11.1 Å². The Hall–Kier alpha value is -3.33. The van der Waals surface area contributed by atoms with Gasteiger partial charge in [-0.05, 0) is 37.3 Å². The number of carbonyl (C=O) groups is 1. The Morgan fingerprint density at radius 2 is 1.97 bits per heavy atom. The molecule has 12 nitrogen and oxygen atoms in total. The van der Waals surface area contributed by atoms with Gasteiger partial charge in [0, 0.05) is 11.3 Å². The number of pyridine rings is 1. The third-order valence-electron chi connectivity index (χ3n) is 4.37. The molecule has 0 saturated heterocycles. The number of guanidine groups is 1. The van der Waals surface area contributed by atoms with E-state index in [-0.39, 0.29) is 27.0 Å². The smallest absolute Gasteiger partial charge is 0.385 e. The molecular formula is C17H18FN5O7S. The minimum Gasteiger partial charge on any atom is -0.506 e. The molecule has 1 aromatic heterocycles. The molecule has 7 N–H and O–H groups in total. The summed E-state index contributed by atoms with van der Waals surface area (Å²) >= 11 is 0. The number of halogens is 1. The molecule has 0 fully saturated rings. The van der Waals surface area contributed by atoms with Crippen LogP contribution in [0.4, 0.5) is 10.1 Å². The molecule has 0 aliphatic carbocycles. The molecule has 2 heterocycles. The van der Waals surface area contributed by atoms with Gasteiger partial charge < -0.3 is 31.5 Å². The summed E-state index contributed by atoms with van der Waals surface area (Å²) in [6.07, 6.45) is -2.77. The Morgan fingerprint density at radius 3 is 2.52 bits per heavy atom. The van der Waals surface area contributed by atoms with Gasteiger partial charge in [0.15, 0.2) is 0 Å². The van der Waals surface area contributed by atoms with Crippen molar-refractivity contribution in [3.05, 3.63) is 53.6 Å². The number of hydrogen-bond acceptors (Lipinski definition) is 10.